The van der Waals surface area contributed by atoms with Gasteiger partial charge in [0.1, 0.15) is 0 Å². The highest BCUT2D eigenvalue weighted by Crippen LogP contribution is 2.23. The van der Waals surface area contributed by atoms with E-state index in [2.05, 4.69) is 15.6 Å². The number of pyridine rings is 1. The number of nitrogens with one attached hydrogen (secondary N) is 2. The molecule has 1 aliphatic carbocycles. The molecule has 1 fully saturated rings. The van der Waals surface area contributed by atoms with Crippen molar-refractivity contribution in [1.82, 2.24) is 15.6 Å². The zero-order valence-electron chi connectivity index (χ0n) is 17.7. The number of thioether (sulfide) groups is 1. The van der Waals surface area contributed by atoms with Crippen LogP contribution in [-0.2, 0) is 11.3 Å². The average molecular weight is 426 g/mol. The van der Waals surface area contributed by atoms with E-state index in [1.54, 1.807) is 12.3 Å². The van der Waals surface area contributed by atoms with E-state index in [0.29, 0.717) is 23.9 Å². The van der Waals surface area contributed by atoms with Gasteiger partial charge in [-0.05, 0) is 43.5 Å². The Balaban J connectivity index is 1.53. The molecule has 0 unspecified atom stereocenters. The predicted molar refractivity (Wildman–Crippen MR) is 122 cm³/mol. The van der Waals surface area contributed by atoms with Gasteiger partial charge in [-0.1, -0.05) is 50.3 Å². The zero-order valence-corrected chi connectivity index (χ0v) is 18.5. The molecule has 30 heavy (non-hydrogen) atoms. The molecule has 2 amide bonds. The van der Waals surface area contributed by atoms with E-state index in [0.717, 1.165) is 29.0 Å². The lowest BCUT2D eigenvalue weighted by atomic mass is 9.97. The van der Waals surface area contributed by atoms with Crippen molar-refractivity contribution in [3.8, 4) is 0 Å². The summed E-state index contributed by atoms with van der Waals surface area (Å²) >= 11 is 1.42. The van der Waals surface area contributed by atoms with Crippen LogP contribution < -0.4 is 10.6 Å². The number of benzene rings is 1. The third-order valence-corrected chi connectivity index (χ3v) is 6.57. The quantitative estimate of drug-likeness (QED) is 0.634. The molecule has 5 nitrogen and oxygen atoms in total. The van der Waals surface area contributed by atoms with Crippen molar-refractivity contribution in [2.45, 2.75) is 69.4 Å². The fourth-order valence-electron chi connectivity index (χ4n) is 3.76. The first-order valence-electron chi connectivity index (χ1n) is 10.8. The van der Waals surface area contributed by atoms with Gasteiger partial charge >= 0.3 is 0 Å². The summed E-state index contributed by atoms with van der Waals surface area (Å²) in [5.41, 5.74) is 2.50. The largest absolute Gasteiger partial charge is 0.353 e. The molecule has 1 aliphatic rings. The Morgan fingerprint density at radius 1 is 1.03 bits per heavy atom. The molecule has 0 aliphatic heterocycles. The lowest BCUT2D eigenvalue weighted by molar-refractivity contribution is -0.119. The molecule has 2 N–H and O–H groups in total. The maximum Gasteiger partial charge on any atom is 0.252 e. The number of aryl methyl sites for hydroxylation is 1. The van der Waals surface area contributed by atoms with Gasteiger partial charge in [0.05, 0.1) is 23.6 Å². The third-order valence-electron chi connectivity index (χ3n) is 5.49. The Morgan fingerprint density at radius 3 is 2.53 bits per heavy atom. The fourth-order valence-corrected chi connectivity index (χ4v) is 4.62. The first-order chi connectivity index (χ1) is 14.6. The minimum Gasteiger partial charge on any atom is -0.353 e. The zero-order chi connectivity index (χ0) is 21.2. The molecule has 6 heteroatoms. The molecule has 1 aromatic carbocycles. The van der Waals surface area contributed by atoms with Crippen LogP contribution in [0.4, 0.5) is 0 Å². The van der Waals surface area contributed by atoms with Crippen LogP contribution in [0.3, 0.4) is 0 Å². The van der Waals surface area contributed by atoms with Crippen LogP contribution in [0.15, 0.2) is 47.5 Å². The SMILES string of the molecule is Cc1cccnc1CNC(=O)c1ccccc1SCC(=O)NC1CCCCCCC1. The van der Waals surface area contributed by atoms with Crippen LogP contribution in [0, 0.1) is 6.92 Å². The minimum atomic E-state index is -0.149. The van der Waals surface area contributed by atoms with Crippen LogP contribution in [0.2, 0.25) is 0 Å². The van der Waals surface area contributed by atoms with E-state index >= 15 is 0 Å². The lowest BCUT2D eigenvalue weighted by Crippen LogP contribution is -2.36. The molecule has 0 bridgehead atoms. The van der Waals surface area contributed by atoms with Gasteiger partial charge in [0.2, 0.25) is 5.91 Å². The normalized spacial score (nSPS) is 15.1. The van der Waals surface area contributed by atoms with E-state index < -0.39 is 0 Å². The smallest absolute Gasteiger partial charge is 0.252 e. The van der Waals surface area contributed by atoms with Crippen molar-refractivity contribution < 1.29 is 9.59 Å². The first-order valence-corrected chi connectivity index (χ1v) is 11.8. The number of hydrogen-bond acceptors (Lipinski definition) is 4. The van der Waals surface area contributed by atoms with Crippen molar-refractivity contribution in [1.29, 1.82) is 0 Å². The summed E-state index contributed by atoms with van der Waals surface area (Å²) in [6.07, 6.45) is 10.1. The van der Waals surface area contributed by atoms with Crippen molar-refractivity contribution in [3.05, 3.63) is 59.4 Å². The van der Waals surface area contributed by atoms with Gasteiger partial charge in [-0.3, -0.25) is 14.6 Å². The van der Waals surface area contributed by atoms with Gasteiger partial charge in [-0.2, -0.15) is 0 Å². The Morgan fingerprint density at radius 2 is 1.77 bits per heavy atom. The summed E-state index contributed by atoms with van der Waals surface area (Å²) in [6.45, 7) is 2.36. The monoisotopic (exact) mass is 425 g/mol. The Kier molecular flexibility index (Phi) is 8.75. The van der Waals surface area contributed by atoms with Crippen LogP contribution in [-0.4, -0.2) is 28.6 Å². The second kappa shape index (κ2) is 11.7. The van der Waals surface area contributed by atoms with E-state index in [9.17, 15) is 9.59 Å². The number of amides is 2. The van der Waals surface area contributed by atoms with Crippen LogP contribution in [0.25, 0.3) is 0 Å². The average Bonchev–Trinajstić information content (AvgIpc) is 2.73. The summed E-state index contributed by atoms with van der Waals surface area (Å²) in [7, 11) is 0. The Labute approximate surface area is 183 Å². The van der Waals surface area contributed by atoms with E-state index in [-0.39, 0.29) is 11.8 Å². The van der Waals surface area contributed by atoms with Crippen molar-refractivity contribution in [2.24, 2.45) is 0 Å². The van der Waals surface area contributed by atoms with Gasteiger partial charge in [0.15, 0.2) is 0 Å². The second-order valence-corrected chi connectivity index (χ2v) is 8.86. The molecule has 1 saturated carbocycles. The van der Waals surface area contributed by atoms with E-state index in [1.807, 2.05) is 37.3 Å². The molecular weight excluding hydrogens is 394 g/mol. The van der Waals surface area contributed by atoms with Crippen LogP contribution in [0.5, 0.6) is 0 Å². The third kappa shape index (κ3) is 6.87. The maximum absolute atomic E-state index is 12.7. The highest BCUT2D eigenvalue weighted by atomic mass is 32.2. The summed E-state index contributed by atoms with van der Waals surface area (Å²) < 4.78 is 0. The fraction of sp³-hybridized carbons (Fsp3) is 0.458. The standard InChI is InChI=1S/C24H31N3O2S/c1-18-10-9-15-25-21(18)16-26-24(29)20-13-7-8-14-22(20)30-17-23(28)27-19-11-5-3-2-4-6-12-19/h7-10,13-15,19H,2-6,11-12,16-17H2,1H3,(H,26,29)(H,27,28). The molecule has 1 heterocycles. The van der Waals surface area contributed by atoms with E-state index in [1.165, 1.54) is 43.9 Å². The summed E-state index contributed by atoms with van der Waals surface area (Å²) in [6, 6.07) is 11.6. The molecule has 0 saturated heterocycles. The van der Waals surface area contributed by atoms with Crippen LogP contribution in [0.1, 0.15) is 66.6 Å². The van der Waals surface area contributed by atoms with Crippen molar-refractivity contribution in [3.63, 3.8) is 0 Å². The van der Waals surface area contributed by atoms with Gasteiger partial charge < -0.3 is 10.6 Å². The Hall–Kier alpha value is -2.34. The first kappa shape index (κ1) is 22.3. The summed E-state index contributed by atoms with van der Waals surface area (Å²) in [4.78, 5) is 30.3. The molecule has 1 aromatic heterocycles. The van der Waals surface area contributed by atoms with Gasteiger partial charge in [-0.15, -0.1) is 11.8 Å². The van der Waals surface area contributed by atoms with Gasteiger partial charge in [0.25, 0.3) is 5.91 Å². The van der Waals surface area contributed by atoms with E-state index in [4.69, 9.17) is 0 Å². The maximum atomic E-state index is 12.7. The van der Waals surface area contributed by atoms with Gasteiger partial charge in [-0.25, -0.2) is 0 Å². The molecule has 3 rings (SSSR count). The molecule has 0 atom stereocenters. The number of rotatable bonds is 7. The molecule has 0 radical (unpaired) electrons. The van der Waals surface area contributed by atoms with Gasteiger partial charge in [0, 0.05) is 17.1 Å². The minimum absolute atomic E-state index is 0.0462. The van der Waals surface area contributed by atoms with Crippen LogP contribution >= 0.6 is 11.8 Å². The van der Waals surface area contributed by atoms with Crippen molar-refractivity contribution in [2.75, 3.05) is 5.75 Å². The second-order valence-electron chi connectivity index (χ2n) is 7.84. The molecule has 160 valence electrons. The van der Waals surface area contributed by atoms with Crippen molar-refractivity contribution >= 4 is 23.6 Å². The number of carbonyl (C=O) groups excluding carboxylic acids is 2. The Bertz CT molecular complexity index is 848. The topological polar surface area (TPSA) is 71.1 Å². The number of hydrogen-bond donors (Lipinski definition) is 2. The summed E-state index contributed by atoms with van der Waals surface area (Å²) in [5.74, 6) is 0.216. The molecular formula is C24H31N3O2S. The summed E-state index contributed by atoms with van der Waals surface area (Å²) in [5, 5.41) is 6.14. The number of aromatic nitrogens is 1. The molecule has 2 aromatic rings. The lowest BCUT2D eigenvalue weighted by Gasteiger charge is -2.21. The number of nitrogens with zero attached hydrogens (tertiary/aromatic N) is 1. The highest BCUT2D eigenvalue weighted by molar-refractivity contribution is 8.00. The molecule has 0 spiro atoms. The predicted octanol–water partition coefficient (Wildman–Crippen LogP) is 4.64. The number of carbonyl (C=O) groups is 2. The highest BCUT2D eigenvalue weighted by Gasteiger charge is 2.16.